The summed E-state index contributed by atoms with van der Waals surface area (Å²) in [5.74, 6) is -2.56. The molecule has 2 aromatic carbocycles. The summed E-state index contributed by atoms with van der Waals surface area (Å²) in [6, 6.07) is 9.88. The van der Waals surface area contributed by atoms with Crippen LogP contribution < -0.4 is 9.47 Å². The first-order valence-electron chi connectivity index (χ1n) is 8.46. The first-order valence-corrected chi connectivity index (χ1v) is 8.46. The molecule has 0 saturated heterocycles. The van der Waals surface area contributed by atoms with Crippen molar-refractivity contribution in [1.29, 1.82) is 0 Å². The molecule has 0 atom stereocenters. The molecule has 3 aromatic rings. The van der Waals surface area contributed by atoms with Crippen molar-refractivity contribution in [3.05, 3.63) is 60.0 Å². The van der Waals surface area contributed by atoms with Crippen molar-refractivity contribution in [2.24, 2.45) is 0 Å². The van der Waals surface area contributed by atoms with E-state index in [0.717, 1.165) is 18.2 Å². The van der Waals surface area contributed by atoms with Crippen LogP contribution in [0.2, 0.25) is 0 Å². The van der Waals surface area contributed by atoms with Crippen LogP contribution in [0.1, 0.15) is 17.4 Å². The first kappa shape index (κ1) is 21.0. The molecule has 0 radical (unpaired) electrons. The Morgan fingerprint density at radius 2 is 1.77 bits per heavy atom. The minimum absolute atomic E-state index is 0.0283. The number of aromatic nitrogens is 3. The van der Waals surface area contributed by atoms with Crippen LogP contribution >= 0.6 is 0 Å². The van der Waals surface area contributed by atoms with Crippen molar-refractivity contribution in [1.82, 2.24) is 15.2 Å². The monoisotopic (exact) mass is 423 g/mol. The van der Waals surface area contributed by atoms with Gasteiger partial charge in [0.2, 0.25) is 5.69 Å². The fourth-order valence-electron chi connectivity index (χ4n) is 2.31. The van der Waals surface area contributed by atoms with E-state index >= 15 is 0 Å². The lowest BCUT2D eigenvalue weighted by Gasteiger charge is -2.12. The molecule has 3 rings (SSSR count). The van der Waals surface area contributed by atoms with E-state index in [9.17, 15) is 22.4 Å². The number of carbonyl (C=O) groups is 1. The Labute approximate surface area is 167 Å². The third-order valence-corrected chi connectivity index (χ3v) is 3.46. The number of hydrogen-bond acceptors (Lipinski definition) is 7. The smallest absolute Gasteiger partial charge is 0.461 e. The molecule has 156 valence electrons. The molecule has 1 heterocycles. The van der Waals surface area contributed by atoms with Crippen LogP contribution in [0.25, 0.3) is 11.4 Å². The zero-order chi connectivity index (χ0) is 21.7. The van der Waals surface area contributed by atoms with Crippen molar-refractivity contribution < 1.29 is 36.6 Å². The molecule has 0 bridgehead atoms. The maximum atomic E-state index is 13.5. The van der Waals surface area contributed by atoms with Gasteiger partial charge in [0, 0.05) is 11.6 Å². The molecule has 0 saturated carbocycles. The number of hydrogen-bond donors (Lipinski definition) is 0. The minimum Gasteiger partial charge on any atom is -0.461 e. The molecule has 0 aliphatic carbocycles. The number of halogens is 4. The van der Waals surface area contributed by atoms with Gasteiger partial charge in [-0.05, 0) is 31.2 Å². The number of rotatable bonds is 6. The summed E-state index contributed by atoms with van der Waals surface area (Å²) in [5.41, 5.74) is -0.156. The number of esters is 1. The van der Waals surface area contributed by atoms with Crippen molar-refractivity contribution in [2.75, 3.05) is 6.61 Å². The summed E-state index contributed by atoms with van der Waals surface area (Å²) < 4.78 is 65.0. The molecule has 0 amide bonds. The Morgan fingerprint density at radius 3 is 2.47 bits per heavy atom. The lowest BCUT2D eigenvalue weighted by molar-refractivity contribution is -0.274. The van der Waals surface area contributed by atoms with Gasteiger partial charge in [-0.15, -0.1) is 23.4 Å². The lowest BCUT2D eigenvalue weighted by Crippen LogP contribution is -2.17. The Morgan fingerprint density at radius 1 is 1.03 bits per heavy atom. The van der Waals surface area contributed by atoms with Crippen molar-refractivity contribution in [2.45, 2.75) is 13.3 Å². The third kappa shape index (κ3) is 5.40. The molecule has 30 heavy (non-hydrogen) atoms. The quantitative estimate of drug-likeness (QED) is 0.425. The second-order valence-electron chi connectivity index (χ2n) is 5.64. The fraction of sp³-hybridized carbons (Fsp3) is 0.158. The number of nitrogens with zero attached hydrogens (tertiary/aromatic N) is 3. The Hall–Kier alpha value is -3.76. The van der Waals surface area contributed by atoms with Crippen LogP contribution in [0, 0.1) is 5.82 Å². The third-order valence-electron chi connectivity index (χ3n) is 3.46. The number of ether oxygens (including phenoxy) is 3. The number of benzene rings is 2. The van der Waals surface area contributed by atoms with E-state index in [0.29, 0.717) is 0 Å². The van der Waals surface area contributed by atoms with E-state index in [4.69, 9.17) is 9.47 Å². The number of alkyl halides is 3. The molecule has 0 aliphatic rings. The van der Waals surface area contributed by atoms with Crippen molar-refractivity contribution in [3.63, 3.8) is 0 Å². The van der Waals surface area contributed by atoms with Gasteiger partial charge in [0.1, 0.15) is 17.3 Å². The van der Waals surface area contributed by atoms with Gasteiger partial charge in [-0.2, -0.15) is 4.98 Å². The first-order chi connectivity index (χ1) is 14.2. The van der Waals surface area contributed by atoms with E-state index in [1.807, 2.05) is 0 Å². The van der Waals surface area contributed by atoms with Crippen LogP contribution in [0.3, 0.4) is 0 Å². The van der Waals surface area contributed by atoms with Gasteiger partial charge < -0.3 is 14.2 Å². The normalized spacial score (nSPS) is 11.1. The van der Waals surface area contributed by atoms with Crippen LogP contribution in [0.15, 0.2) is 48.5 Å². The highest BCUT2D eigenvalue weighted by Crippen LogP contribution is 2.30. The molecule has 0 N–H and O–H groups in total. The van der Waals surface area contributed by atoms with Crippen LogP contribution in [-0.2, 0) is 4.74 Å². The summed E-state index contributed by atoms with van der Waals surface area (Å²) in [6.45, 7) is 1.60. The highest BCUT2D eigenvalue weighted by Gasteiger charge is 2.31. The Bertz CT molecular complexity index is 1060. The summed E-state index contributed by atoms with van der Waals surface area (Å²) in [5, 5.41) is 7.52. The Balaban J connectivity index is 1.99. The molecular formula is C19H13F4N3O4. The average molecular weight is 423 g/mol. The summed E-state index contributed by atoms with van der Waals surface area (Å²) in [7, 11) is 0. The van der Waals surface area contributed by atoms with Crippen LogP contribution in [0.5, 0.6) is 17.4 Å². The highest BCUT2D eigenvalue weighted by molar-refractivity contribution is 5.89. The summed E-state index contributed by atoms with van der Waals surface area (Å²) in [4.78, 5) is 16.2. The van der Waals surface area contributed by atoms with Gasteiger partial charge in [-0.25, -0.2) is 9.18 Å². The van der Waals surface area contributed by atoms with Gasteiger partial charge in [-0.3, -0.25) is 0 Å². The van der Waals surface area contributed by atoms with E-state index in [1.165, 1.54) is 30.3 Å². The van der Waals surface area contributed by atoms with E-state index < -0.39 is 29.6 Å². The second-order valence-corrected chi connectivity index (χ2v) is 5.64. The van der Waals surface area contributed by atoms with E-state index in [1.54, 1.807) is 6.92 Å². The average Bonchev–Trinajstić information content (AvgIpc) is 2.67. The van der Waals surface area contributed by atoms with Gasteiger partial charge >= 0.3 is 12.3 Å². The second kappa shape index (κ2) is 8.72. The van der Waals surface area contributed by atoms with E-state index in [2.05, 4.69) is 19.9 Å². The highest BCUT2D eigenvalue weighted by atomic mass is 19.4. The molecule has 0 unspecified atom stereocenters. The SMILES string of the molecule is CCOC(=O)c1nnc(-c2cccc(F)c2)nc1Oc1cccc(OC(F)(F)F)c1. The molecule has 1 aromatic heterocycles. The Kier molecular flexibility index (Phi) is 6.09. The predicted molar refractivity (Wildman–Crippen MR) is 94.4 cm³/mol. The lowest BCUT2D eigenvalue weighted by atomic mass is 10.2. The largest absolute Gasteiger partial charge is 0.573 e. The number of carbonyl (C=O) groups excluding carboxylic acids is 1. The molecule has 7 nitrogen and oxygen atoms in total. The molecular weight excluding hydrogens is 410 g/mol. The predicted octanol–water partition coefficient (Wildman–Crippen LogP) is 4.55. The maximum Gasteiger partial charge on any atom is 0.573 e. The minimum atomic E-state index is -4.89. The molecule has 0 spiro atoms. The topological polar surface area (TPSA) is 83.4 Å². The standard InChI is InChI=1S/C19H13F4N3O4/c1-2-28-18(27)15-17(24-16(26-25-15)11-5-3-6-12(20)9-11)29-13-7-4-8-14(10-13)30-19(21,22)23/h3-10H,2H2,1H3. The van der Waals surface area contributed by atoms with Crippen molar-refractivity contribution in [3.8, 4) is 28.8 Å². The fourth-order valence-corrected chi connectivity index (χ4v) is 2.31. The molecule has 11 heteroatoms. The van der Waals surface area contributed by atoms with E-state index in [-0.39, 0.29) is 29.6 Å². The molecule has 0 aliphatic heterocycles. The van der Waals surface area contributed by atoms with Crippen LogP contribution in [-0.4, -0.2) is 34.1 Å². The maximum absolute atomic E-state index is 13.5. The summed E-state index contributed by atoms with van der Waals surface area (Å²) in [6.07, 6.45) is -4.89. The van der Waals surface area contributed by atoms with Crippen LogP contribution in [0.4, 0.5) is 17.6 Å². The molecule has 0 fully saturated rings. The zero-order valence-corrected chi connectivity index (χ0v) is 15.3. The van der Waals surface area contributed by atoms with Gasteiger partial charge in [0.15, 0.2) is 5.82 Å². The van der Waals surface area contributed by atoms with Crippen molar-refractivity contribution >= 4 is 5.97 Å². The summed E-state index contributed by atoms with van der Waals surface area (Å²) >= 11 is 0. The van der Waals surface area contributed by atoms with Gasteiger partial charge in [0.25, 0.3) is 5.88 Å². The van der Waals surface area contributed by atoms with Gasteiger partial charge in [-0.1, -0.05) is 18.2 Å². The zero-order valence-electron chi connectivity index (χ0n) is 15.3. The van der Waals surface area contributed by atoms with Gasteiger partial charge in [0.05, 0.1) is 6.61 Å².